The number of nitrogens with zero attached hydrogens (tertiary/aromatic N) is 1. The molecule has 3 rings (SSSR count). The molecule has 1 aliphatic heterocycles. The molecule has 6 heteroatoms. The van der Waals surface area contributed by atoms with Crippen molar-refractivity contribution in [3.63, 3.8) is 0 Å². The lowest BCUT2D eigenvalue weighted by molar-refractivity contribution is -0.131. The molecule has 0 spiro atoms. The average Bonchev–Trinajstić information content (AvgIpc) is 2.43. The van der Waals surface area contributed by atoms with Crippen LogP contribution in [-0.2, 0) is 9.59 Å². The van der Waals surface area contributed by atoms with Crippen molar-refractivity contribution in [1.29, 1.82) is 0 Å². The normalized spacial score (nSPS) is 12.4. The Morgan fingerprint density at radius 2 is 1.68 bits per heavy atom. The van der Waals surface area contributed by atoms with E-state index in [9.17, 15) is 14.0 Å². The molecule has 0 radical (unpaired) electrons. The summed E-state index contributed by atoms with van der Waals surface area (Å²) in [6, 6.07) is 9.32. The van der Waals surface area contributed by atoms with Gasteiger partial charge >= 0.3 is 5.97 Å². The first-order chi connectivity index (χ1) is 10.5. The molecular formula is C16H12FNO3S. The highest BCUT2D eigenvalue weighted by molar-refractivity contribution is 7.99. The van der Waals surface area contributed by atoms with E-state index < -0.39 is 5.97 Å². The molecule has 22 heavy (non-hydrogen) atoms. The molecule has 1 heterocycles. The molecule has 2 aromatic rings. The molecule has 0 saturated carbocycles. The van der Waals surface area contributed by atoms with E-state index in [4.69, 9.17) is 4.74 Å². The zero-order valence-corrected chi connectivity index (χ0v) is 12.7. The van der Waals surface area contributed by atoms with Crippen LogP contribution in [0, 0.1) is 5.82 Å². The molecule has 0 aromatic heterocycles. The second-order valence-electron chi connectivity index (χ2n) is 4.79. The van der Waals surface area contributed by atoms with Crippen LogP contribution in [0.4, 0.5) is 15.8 Å². The van der Waals surface area contributed by atoms with Crippen LogP contribution in [0.3, 0.4) is 0 Å². The third-order valence-corrected chi connectivity index (χ3v) is 4.23. The summed E-state index contributed by atoms with van der Waals surface area (Å²) >= 11 is 1.33. The Hall–Kier alpha value is -2.34. The van der Waals surface area contributed by atoms with Crippen LogP contribution in [0.2, 0.25) is 0 Å². The number of hydrogen-bond donors (Lipinski definition) is 0. The Morgan fingerprint density at radius 3 is 2.32 bits per heavy atom. The monoisotopic (exact) mass is 317 g/mol. The molecule has 112 valence electrons. The Labute approximate surface area is 130 Å². The molecular weight excluding hydrogens is 305 g/mol. The van der Waals surface area contributed by atoms with Crippen molar-refractivity contribution < 1.29 is 18.7 Å². The minimum Gasteiger partial charge on any atom is -0.427 e. The smallest absolute Gasteiger partial charge is 0.308 e. The van der Waals surface area contributed by atoms with Crippen LogP contribution in [0.15, 0.2) is 46.2 Å². The van der Waals surface area contributed by atoms with Crippen molar-refractivity contribution in [2.24, 2.45) is 0 Å². The van der Waals surface area contributed by atoms with Crippen LogP contribution in [0.25, 0.3) is 0 Å². The summed E-state index contributed by atoms with van der Waals surface area (Å²) in [5.41, 5.74) is 1.33. The van der Waals surface area contributed by atoms with E-state index in [1.807, 2.05) is 0 Å². The maximum atomic E-state index is 13.5. The number of amides is 1. The minimum atomic E-state index is -0.421. The zero-order chi connectivity index (χ0) is 15.9. The SMILES string of the molecule is CC(=O)Oc1ccc2c(c1)Sc1cc(F)ccc1N2C(C)=O. The van der Waals surface area contributed by atoms with Crippen LogP contribution in [0.1, 0.15) is 13.8 Å². The maximum absolute atomic E-state index is 13.5. The van der Waals surface area contributed by atoms with E-state index in [1.54, 1.807) is 24.3 Å². The van der Waals surface area contributed by atoms with Gasteiger partial charge in [0.05, 0.1) is 11.4 Å². The molecule has 1 amide bonds. The molecule has 0 saturated heterocycles. The van der Waals surface area contributed by atoms with Gasteiger partial charge < -0.3 is 4.74 Å². The lowest BCUT2D eigenvalue weighted by Gasteiger charge is -2.30. The van der Waals surface area contributed by atoms with Crippen molar-refractivity contribution in [1.82, 2.24) is 0 Å². The van der Waals surface area contributed by atoms with Crippen molar-refractivity contribution in [3.8, 4) is 5.75 Å². The predicted octanol–water partition coefficient (Wildman–Crippen LogP) is 3.90. The van der Waals surface area contributed by atoms with E-state index in [0.717, 1.165) is 4.90 Å². The number of carbonyl (C=O) groups excluding carboxylic acids is 2. The van der Waals surface area contributed by atoms with Gasteiger partial charge in [0.15, 0.2) is 0 Å². The number of rotatable bonds is 1. The molecule has 0 aliphatic carbocycles. The second kappa shape index (κ2) is 5.46. The lowest BCUT2D eigenvalue weighted by Crippen LogP contribution is -2.25. The topological polar surface area (TPSA) is 46.6 Å². The number of hydrogen-bond acceptors (Lipinski definition) is 4. The fraction of sp³-hybridized carbons (Fsp3) is 0.125. The minimum absolute atomic E-state index is 0.172. The largest absolute Gasteiger partial charge is 0.427 e. The number of fused-ring (bicyclic) bond motifs is 2. The Balaban J connectivity index is 2.12. The van der Waals surface area contributed by atoms with Gasteiger partial charge in [-0.1, -0.05) is 11.8 Å². The zero-order valence-electron chi connectivity index (χ0n) is 11.9. The molecule has 1 aliphatic rings. The first-order valence-corrected chi connectivity index (χ1v) is 7.38. The Kier molecular flexibility index (Phi) is 3.62. The van der Waals surface area contributed by atoms with Gasteiger partial charge in [-0.15, -0.1) is 0 Å². The number of anilines is 2. The van der Waals surface area contributed by atoms with Gasteiger partial charge in [-0.25, -0.2) is 4.39 Å². The van der Waals surface area contributed by atoms with Gasteiger partial charge in [0.2, 0.25) is 5.91 Å². The summed E-state index contributed by atoms with van der Waals surface area (Å²) in [6.07, 6.45) is 0. The van der Waals surface area contributed by atoms with E-state index >= 15 is 0 Å². The van der Waals surface area contributed by atoms with Crippen LogP contribution in [-0.4, -0.2) is 11.9 Å². The summed E-state index contributed by atoms with van der Waals surface area (Å²) in [7, 11) is 0. The van der Waals surface area contributed by atoms with E-state index in [2.05, 4.69) is 0 Å². The second-order valence-corrected chi connectivity index (χ2v) is 5.88. The highest BCUT2D eigenvalue weighted by Crippen LogP contribution is 2.49. The molecule has 0 bridgehead atoms. The molecule has 4 nitrogen and oxygen atoms in total. The summed E-state index contributed by atoms with van der Waals surface area (Å²) in [5.74, 6) is -0.568. The fourth-order valence-corrected chi connectivity index (χ4v) is 3.44. The van der Waals surface area contributed by atoms with Crippen LogP contribution in [0.5, 0.6) is 5.75 Å². The third-order valence-electron chi connectivity index (χ3n) is 3.13. The number of ether oxygens (including phenoxy) is 1. The number of halogens is 1. The number of carbonyl (C=O) groups is 2. The summed E-state index contributed by atoms with van der Waals surface area (Å²) < 4.78 is 18.5. The van der Waals surface area contributed by atoms with Crippen LogP contribution < -0.4 is 9.64 Å². The standard InChI is InChI=1S/C16H12FNO3S/c1-9(19)18-13-5-3-11(17)7-15(13)22-16-8-12(21-10(2)20)4-6-14(16)18/h3-8H,1-2H3. The molecule has 0 N–H and O–H groups in total. The molecule has 0 atom stereocenters. The first kappa shape index (κ1) is 14.6. The van der Waals surface area contributed by atoms with Crippen molar-refractivity contribution in [3.05, 3.63) is 42.2 Å². The predicted molar refractivity (Wildman–Crippen MR) is 81.1 cm³/mol. The quantitative estimate of drug-likeness (QED) is 0.591. The van der Waals surface area contributed by atoms with Gasteiger partial charge in [-0.2, -0.15) is 0 Å². The lowest BCUT2D eigenvalue weighted by atomic mass is 10.2. The third kappa shape index (κ3) is 2.57. The first-order valence-electron chi connectivity index (χ1n) is 6.56. The van der Waals surface area contributed by atoms with E-state index in [-0.39, 0.29) is 11.7 Å². The average molecular weight is 317 g/mol. The number of esters is 1. The van der Waals surface area contributed by atoms with E-state index in [1.165, 1.54) is 42.6 Å². The number of benzene rings is 2. The van der Waals surface area contributed by atoms with Gasteiger partial charge in [0, 0.05) is 23.6 Å². The summed E-state index contributed by atoms with van der Waals surface area (Å²) in [6.45, 7) is 2.77. The summed E-state index contributed by atoms with van der Waals surface area (Å²) in [5, 5.41) is 0. The maximum Gasteiger partial charge on any atom is 0.308 e. The Bertz CT molecular complexity index is 791. The van der Waals surface area contributed by atoms with Gasteiger partial charge in [0.25, 0.3) is 0 Å². The van der Waals surface area contributed by atoms with Gasteiger partial charge in [0.1, 0.15) is 11.6 Å². The van der Waals surface area contributed by atoms with Gasteiger partial charge in [-0.3, -0.25) is 14.5 Å². The van der Waals surface area contributed by atoms with Crippen LogP contribution >= 0.6 is 11.8 Å². The Morgan fingerprint density at radius 1 is 1.05 bits per heavy atom. The highest BCUT2D eigenvalue weighted by Gasteiger charge is 2.27. The highest BCUT2D eigenvalue weighted by atomic mass is 32.2. The molecule has 0 unspecified atom stereocenters. The van der Waals surface area contributed by atoms with Crippen molar-refractivity contribution >= 4 is 35.0 Å². The summed E-state index contributed by atoms with van der Waals surface area (Å²) in [4.78, 5) is 26.0. The molecule has 0 fully saturated rings. The van der Waals surface area contributed by atoms with E-state index in [0.29, 0.717) is 22.0 Å². The van der Waals surface area contributed by atoms with Gasteiger partial charge in [-0.05, 0) is 36.4 Å². The van der Waals surface area contributed by atoms with Crippen molar-refractivity contribution in [2.75, 3.05) is 4.90 Å². The molecule has 2 aromatic carbocycles. The fourth-order valence-electron chi connectivity index (χ4n) is 2.33. The van der Waals surface area contributed by atoms with Crippen molar-refractivity contribution in [2.45, 2.75) is 23.6 Å².